The number of ether oxygens (including phenoxy) is 3. The van der Waals surface area contributed by atoms with E-state index in [1.165, 1.54) is 0 Å². The maximum absolute atomic E-state index is 13.2. The molecule has 0 bridgehead atoms. The molecule has 0 saturated heterocycles. The van der Waals surface area contributed by atoms with Gasteiger partial charge < -0.3 is 19.5 Å². The molecule has 168 valence electrons. The van der Waals surface area contributed by atoms with E-state index in [0.717, 1.165) is 19.3 Å². The fourth-order valence-electron chi connectivity index (χ4n) is 3.57. The van der Waals surface area contributed by atoms with Gasteiger partial charge in [0.15, 0.2) is 0 Å². The van der Waals surface area contributed by atoms with Gasteiger partial charge in [0.05, 0.1) is 13.2 Å². The predicted molar refractivity (Wildman–Crippen MR) is 118 cm³/mol. The lowest BCUT2D eigenvalue weighted by molar-refractivity contribution is -0.147. The number of carbonyl (C=O) groups excluding carboxylic acids is 2. The highest BCUT2D eigenvalue weighted by molar-refractivity contribution is 5.99. The zero-order valence-electron chi connectivity index (χ0n) is 19.1. The van der Waals surface area contributed by atoms with Crippen LogP contribution < -0.4 is 10.1 Å². The first-order chi connectivity index (χ1) is 14.3. The largest absolute Gasteiger partial charge is 0.492 e. The minimum atomic E-state index is -0.806. The fraction of sp³-hybridized carbons (Fsp3) is 0.667. The summed E-state index contributed by atoms with van der Waals surface area (Å²) < 4.78 is 17.0. The number of esters is 1. The van der Waals surface area contributed by atoms with Crippen LogP contribution in [-0.2, 0) is 14.3 Å². The summed E-state index contributed by atoms with van der Waals surface area (Å²) in [6.45, 7) is 11.4. The molecule has 0 spiro atoms. The lowest BCUT2D eigenvalue weighted by Crippen LogP contribution is -2.48. The molecule has 1 amide bonds. The highest BCUT2D eigenvalue weighted by Gasteiger charge is 2.42. The number of hydrogen-bond acceptors (Lipinski definition) is 5. The molecule has 2 rings (SSSR count). The normalized spacial score (nSPS) is 21.3. The Bertz CT molecular complexity index is 702. The summed E-state index contributed by atoms with van der Waals surface area (Å²) in [4.78, 5) is 25.7. The second-order valence-electron chi connectivity index (χ2n) is 8.62. The number of hydrogen-bond donors (Lipinski definition) is 1. The van der Waals surface area contributed by atoms with Crippen LogP contribution in [0.4, 0.5) is 5.69 Å². The second-order valence-corrected chi connectivity index (χ2v) is 8.62. The van der Waals surface area contributed by atoms with E-state index >= 15 is 0 Å². The van der Waals surface area contributed by atoms with Crippen LogP contribution >= 0.6 is 0 Å². The van der Waals surface area contributed by atoms with Gasteiger partial charge in [-0.1, -0.05) is 27.7 Å². The topological polar surface area (TPSA) is 73.9 Å². The predicted octanol–water partition coefficient (Wildman–Crippen LogP) is 5.21. The van der Waals surface area contributed by atoms with Crippen molar-refractivity contribution in [1.82, 2.24) is 0 Å². The van der Waals surface area contributed by atoms with E-state index in [4.69, 9.17) is 14.2 Å². The van der Waals surface area contributed by atoms with Crippen molar-refractivity contribution in [3.05, 3.63) is 23.8 Å². The average Bonchev–Trinajstić information content (AvgIpc) is 2.72. The molecule has 30 heavy (non-hydrogen) atoms. The van der Waals surface area contributed by atoms with E-state index < -0.39 is 11.6 Å². The van der Waals surface area contributed by atoms with Crippen molar-refractivity contribution in [2.45, 2.75) is 72.3 Å². The van der Waals surface area contributed by atoms with E-state index in [2.05, 4.69) is 12.2 Å². The molecule has 6 heteroatoms. The van der Waals surface area contributed by atoms with Crippen molar-refractivity contribution in [2.75, 3.05) is 25.1 Å². The van der Waals surface area contributed by atoms with E-state index in [0.29, 0.717) is 54.9 Å². The number of carbonyl (C=O) groups is 2. The third kappa shape index (κ3) is 6.46. The first-order valence-electron chi connectivity index (χ1n) is 11.2. The molecule has 1 aliphatic carbocycles. The summed E-state index contributed by atoms with van der Waals surface area (Å²) in [5, 5.41) is 2.98. The molecule has 0 aromatic heterocycles. The zero-order valence-corrected chi connectivity index (χ0v) is 19.1. The Morgan fingerprint density at radius 2 is 1.90 bits per heavy atom. The zero-order chi connectivity index (χ0) is 22.1. The van der Waals surface area contributed by atoms with Crippen molar-refractivity contribution in [3.63, 3.8) is 0 Å². The quantitative estimate of drug-likeness (QED) is 0.527. The monoisotopic (exact) mass is 419 g/mol. The molecule has 1 aliphatic rings. The number of anilines is 1. The van der Waals surface area contributed by atoms with Crippen LogP contribution in [0.3, 0.4) is 0 Å². The molecular weight excluding hydrogens is 382 g/mol. The van der Waals surface area contributed by atoms with Crippen LogP contribution in [-0.4, -0.2) is 37.3 Å². The third-order valence-electron chi connectivity index (χ3n) is 5.38. The lowest BCUT2D eigenvalue weighted by atomic mass is 9.78. The van der Waals surface area contributed by atoms with Crippen LogP contribution in [0.5, 0.6) is 5.75 Å². The Hall–Kier alpha value is -2.08. The van der Waals surface area contributed by atoms with Gasteiger partial charge in [-0.25, -0.2) is 4.79 Å². The van der Waals surface area contributed by atoms with Crippen LogP contribution in [0.15, 0.2) is 18.2 Å². The number of benzene rings is 1. The Morgan fingerprint density at radius 3 is 2.50 bits per heavy atom. The molecule has 0 aliphatic heterocycles. The molecular formula is C24H37NO5. The lowest BCUT2D eigenvalue weighted by Gasteiger charge is -2.38. The van der Waals surface area contributed by atoms with E-state index in [-0.39, 0.29) is 12.5 Å². The Labute approximate surface area is 180 Å². The summed E-state index contributed by atoms with van der Waals surface area (Å²) in [6.07, 6.45) is 4.21. The summed E-state index contributed by atoms with van der Waals surface area (Å²) in [5.41, 5.74) is 0.0496. The van der Waals surface area contributed by atoms with Crippen LogP contribution in [0.2, 0.25) is 0 Å². The minimum Gasteiger partial charge on any atom is -0.492 e. The molecule has 1 aromatic carbocycles. The molecule has 1 N–H and O–H groups in total. The van der Waals surface area contributed by atoms with Crippen molar-refractivity contribution >= 4 is 17.6 Å². The minimum absolute atomic E-state index is 0.145. The van der Waals surface area contributed by atoms with Gasteiger partial charge >= 0.3 is 5.97 Å². The highest BCUT2D eigenvalue weighted by atomic mass is 16.5. The maximum Gasteiger partial charge on any atom is 0.341 e. The van der Waals surface area contributed by atoms with Crippen LogP contribution in [0.25, 0.3) is 0 Å². The molecule has 1 fully saturated rings. The second kappa shape index (κ2) is 11.3. The first-order valence-corrected chi connectivity index (χ1v) is 11.2. The van der Waals surface area contributed by atoms with Crippen molar-refractivity contribution < 1.29 is 23.8 Å². The van der Waals surface area contributed by atoms with E-state index in [1.807, 2.05) is 20.8 Å². The maximum atomic E-state index is 13.2. The van der Waals surface area contributed by atoms with Gasteiger partial charge in [0.1, 0.15) is 16.9 Å². The molecule has 0 radical (unpaired) electrons. The summed E-state index contributed by atoms with van der Waals surface area (Å²) in [5.74, 6) is 0.778. The molecule has 1 saturated carbocycles. The highest BCUT2D eigenvalue weighted by Crippen LogP contribution is 2.36. The van der Waals surface area contributed by atoms with Gasteiger partial charge in [-0.15, -0.1) is 0 Å². The molecule has 1 aromatic rings. The number of nitrogens with one attached hydrogen (secondary N) is 1. The SMILES string of the molecule is CCCOC1(C(=O)Nc2ccc(OCC(C)C)c(C(=O)OCC)c2)CCC(C)CC1. The van der Waals surface area contributed by atoms with Crippen molar-refractivity contribution in [2.24, 2.45) is 11.8 Å². The Kier molecular flexibility index (Phi) is 9.15. The standard InChI is InChI=1S/C24H37NO5/c1-6-14-30-24(12-10-18(5)11-13-24)23(27)25-19-8-9-21(29-16-17(3)4)20(15-19)22(26)28-7-2/h8-9,15,17-18H,6-7,10-14,16H2,1-5H3,(H,25,27). The third-order valence-corrected chi connectivity index (χ3v) is 5.38. The van der Waals surface area contributed by atoms with Crippen molar-refractivity contribution in [1.29, 1.82) is 0 Å². The van der Waals surface area contributed by atoms with E-state index in [1.54, 1.807) is 25.1 Å². The van der Waals surface area contributed by atoms with Crippen LogP contribution in [0.1, 0.15) is 77.1 Å². The number of amides is 1. The van der Waals surface area contributed by atoms with Gasteiger partial charge in [-0.3, -0.25) is 4.79 Å². The van der Waals surface area contributed by atoms with Gasteiger partial charge in [0.25, 0.3) is 5.91 Å². The number of rotatable bonds is 10. The fourth-order valence-corrected chi connectivity index (χ4v) is 3.57. The van der Waals surface area contributed by atoms with Gasteiger partial charge in [0.2, 0.25) is 0 Å². The Balaban J connectivity index is 2.23. The van der Waals surface area contributed by atoms with E-state index in [9.17, 15) is 9.59 Å². The molecule has 0 atom stereocenters. The summed E-state index contributed by atoms with van der Waals surface area (Å²) >= 11 is 0. The summed E-state index contributed by atoms with van der Waals surface area (Å²) in [7, 11) is 0. The first kappa shape index (κ1) is 24.2. The van der Waals surface area contributed by atoms with Crippen LogP contribution in [0, 0.1) is 11.8 Å². The Morgan fingerprint density at radius 1 is 1.20 bits per heavy atom. The molecule has 6 nitrogen and oxygen atoms in total. The van der Waals surface area contributed by atoms with Crippen molar-refractivity contribution in [3.8, 4) is 5.75 Å². The van der Waals surface area contributed by atoms with Gasteiger partial charge in [0, 0.05) is 12.3 Å². The van der Waals surface area contributed by atoms with Gasteiger partial charge in [-0.05, 0) is 69.1 Å². The molecule has 0 heterocycles. The smallest absolute Gasteiger partial charge is 0.341 e. The molecule has 0 unspecified atom stereocenters. The summed E-state index contributed by atoms with van der Waals surface area (Å²) in [6, 6.07) is 5.10. The average molecular weight is 420 g/mol. The van der Waals surface area contributed by atoms with Gasteiger partial charge in [-0.2, -0.15) is 0 Å².